The SMILES string of the molecule is CC1=C(C(=O)O)C([C@@H]2CC[C@H](C(=O)O)C2)C(C(=O)O)=C(C)N1. The van der Waals surface area contributed by atoms with Crippen molar-refractivity contribution in [3.63, 3.8) is 0 Å². The lowest BCUT2D eigenvalue weighted by molar-refractivity contribution is -0.141. The molecule has 1 fully saturated rings. The van der Waals surface area contributed by atoms with Crippen LogP contribution in [0.25, 0.3) is 0 Å². The van der Waals surface area contributed by atoms with Gasteiger partial charge in [0, 0.05) is 17.3 Å². The van der Waals surface area contributed by atoms with Gasteiger partial charge in [-0.3, -0.25) is 4.79 Å². The lowest BCUT2D eigenvalue weighted by Crippen LogP contribution is -2.35. The fraction of sp³-hybridized carbons (Fsp3) is 0.533. The Balaban J connectivity index is 2.45. The molecule has 22 heavy (non-hydrogen) atoms. The molecule has 0 saturated heterocycles. The van der Waals surface area contributed by atoms with Gasteiger partial charge >= 0.3 is 17.9 Å². The van der Waals surface area contributed by atoms with Crippen LogP contribution in [0.15, 0.2) is 22.5 Å². The standard InChI is InChI=1S/C15H19NO6/c1-6-10(14(19)20)12(11(15(21)22)7(2)16-6)8-3-4-9(5-8)13(17)18/h8-9,12,16H,3-5H2,1-2H3,(H,17,18)(H,19,20)(H,21,22)/t8-,9+/m1/s1. The maximum absolute atomic E-state index is 11.6. The molecule has 0 unspecified atom stereocenters. The minimum absolute atomic E-state index is 0.0269. The van der Waals surface area contributed by atoms with Crippen LogP contribution in [0.3, 0.4) is 0 Å². The maximum atomic E-state index is 11.6. The van der Waals surface area contributed by atoms with Crippen molar-refractivity contribution in [2.24, 2.45) is 17.8 Å². The summed E-state index contributed by atoms with van der Waals surface area (Å²) in [5.74, 6) is -4.84. The van der Waals surface area contributed by atoms with Gasteiger partial charge in [-0.2, -0.15) is 0 Å². The van der Waals surface area contributed by atoms with Gasteiger partial charge in [-0.25, -0.2) is 9.59 Å². The summed E-state index contributed by atoms with van der Waals surface area (Å²) in [6.45, 7) is 3.20. The average molecular weight is 309 g/mol. The third-order valence-corrected chi connectivity index (χ3v) is 4.56. The van der Waals surface area contributed by atoms with E-state index in [0.29, 0.717) is 30.7 Å². The summed E-state index contributed by atoms with van der Waals surface area (Å²) >= 11 is 0. The molecule has 1 aliphatic carbocycles. The number of nitrogens with one attached hydrogen (secondary N) is 1. The Kier molecular flexibility index (Phi) is 4.25. The minimum Gasteiger partial charge on any atom is -0.481 e. The lowest BCUT2D eigenvalue weighted by atomic mass is 9.75. The van der Waals surface area contributed by atoms with E-state index in [1.54, 1.807) is 13.8 Å². The van der Waals surface area contributed by atoms with Gasteiger partial charge in [0.15, 0.2) is 0 Å². The zero-order valence-corrected chi connectivity index (χ0v) is 12.4. The van der Waals surface area contributed by atoms with Gasteiger partial charge in [-0.15, -0.1) is 0 Å². The molecule has 0 aromatic heterocycles. The van der Waals surface area contributed by atoms with E-state index in [9.17, 15) is 24.6 Å². The van der Waals surface area contributed by atoms with E-state index in [1.807, 2.05) is 0 Å². The van der Waals surface area contributed by atoms with Gasteiger partial charge in [-0.05, 0) is 39.0 Å². The van der Waals surface area contributed by atoms with Crippen LogP contribution in [-0.2, 0) is 14.4 Å². The van der Waals surface area contributed by atoms with Gasteiger partial charge in [0.2, 0.25) is 0 Å². The number of carboxylic acid groups (broad SMARTS) is 3. The van der Waals surface area contributed by atoms with Gasteiger partial charge in [-0.1, -0.05) is 0 Å². The molecule has 4 N–H and O–H groups in total. The summed E-state index contributed by atoms with van der Waals surface area (Å²) in [4.78, 5) is 34.3. The van der Waals surface area contributed by atoms with Crippen LogP contribution in [0.1, 0.15) is 33.1 Å². The Morgan fingerprint density at radius 3 is 1.82 bits per heavy atom. The highest BCUT2D eigenvalue weighted by Gasteiger charge is 2.44. The third-order valence-electron chi connectivity index (χ3n) is 4.56. The van der Waals surface area contributed by atoms with Crippen molar-refractivity contribution in [2.75, 3.05) is 0 Å². The number of allylic oxidation sites excluding steroid dienone is 2. The second-order valence-electron chi connectivity index (χ2n) is 5.90. The maximum Gasteiger partial charge on any atom is 0.333 e. The van der Waals surface area contributed by atoms with Crippen molar-refractivity contribution in [3.05, 3.63) is 22.5 Å². The van der Waals surface area contributed by atoms with Gasteiger partial charge < -0.3 is 20.6 Å². The van der Waals surface area contributed by atoms with E-state index >= 15 is 0 Å². The molecule has 0 amide bonds. The van der Waals surface area contributed by atoms with Crippen LogP contribution < -0.4 is 5.32 Å². The number of hydrogen-bond acceptors (Lipinski definition) is 4. The number of rotatable bonds is 4. The van der Waals surface area contributed by atoms with Crippen molar-refractivity contribution in [2.45, 2.75) is 33.1 Å². The molecule has 0 aromatic rings. The molecular weight excluding hydrogens is 290 g/mol. The molecule has 0 bridgehead atoms. The van der Waals surface area contributed by atoms with Crippen molar-refractivity contribution in [3.8, 4) is 0 Å². The van der Waals surface area contributed by atoms with Crippen LogP contribution in [0.2, 0.25) is 0 Å². The Morgan fingerprint density at radius 1 is 0.955 bits per heavy atom. The highest BCUT2D eigenvalue weighted by molar-refractivity contribution is 5.96. The van der Waals surface area contributed by atoms with E-state index in [0.717, 1.165) is 0 Å². The quantitative estimate of drug-likeness (QED) is 0.619. The molecule has 7 heteroatoms. The smallest absolute Gasteiger partial charge is 0.333 e. The minimum atomic E-state index is -1.17. The summed E-state index contributed by atoms with van der Waals surface area (Å²) in [5.41, 5.74) is 0.885. The molecule has 2 aliphatic rings. The van der Waals surface area contributed by atoms with Gasteiger partial charge in [0.1, 0.15) is 0 Å². The van der Waals surface area contributed by atoms with E-state index in [4.69, 9.17) is 5.11 Å². The Morgan fingerprint density at radius 2 is 1.45 bits per heavy atom. The summed E-state index contributed by atoms with van der Waals surface area (Å²) in [6.07, 6.45) is 1.26. The number of carbonyl (C=O) groups is 3. The fourth-order valence-corrected chi connectivity index (χ4v) is 3.63. The van der Waals surface area contributed by atoms with Gasteiger partial charge in [0.25, 0.3) is 0 Å². The van der Waals surface area contributed by atoms with E-state index < -0.39 is 29.7 Å². The molecule has 0 spiro atoms. The first kappa shape index (κ1) is 16.1. The second kappa shape index (κ2) is 5.82. The monoisotopic (exact) mass is 309 g/mol. The third kappa shape index (κ3) is 2.70. The fourth-order valence-electron chi connectivity index (χ4n) is 3.63. The Bertz CT molecular complexity index is 567. The number of hydrogen-bond donors (Lipinski definition) is 4. The zero-order valence-electron chi connectivity index (χ0n) is 12.4. The van der Waals surface area contributed by atoms with Crippen LogP contribution in [0.4, 0.5) is 0 Å². The van der Waals surface area contributed by atoms with Crippen molar-refractivity contribution in [1.29, 1.82) is 0 Å². The molecule has 1 aliphatic heterocycles. The molecule has 7 nitrogen and oxygen atoms in total. The number of aliphatic carboxylic acids is 3. The van der Waals surface area contributed by atoms with E-state index in [1.165, 1.54) is 0 Å². The predicted molar refractivity (Wildman–Crippen MR) is 75.8 cm³/mol. The van der Waals surface area contributed by atoms with E-state index in [-0.39, 0.29) is 17.1 Å². The first-order chi connectivity index (χ1) is 10.2. The highest BCUT2D eigenvalue weighted by Crippen LogP contribution is 2.44. The van der Waals surface area contributed by atoms with Crippen LogP contribution >= 0.6 is 0 Å². The average Bonchev–Trinajstić information content (AvgIpc) is 2.85. The largest absolute Gasteiger partial charge is 0.481 e. The molecule has 2 atom stereocenters. The summed E-state index contributed by atoms with van der Waals surface area (Å²) in [6, 6.07) is 0. The second-order valence-corrected chi connectivity index (χ2v) is 5.90. The van der Waals surface area contributed by atoms with Crippen LogP contribution in [0.5, 0.6) is 0 Å². The normalized spacial score (nSPS) is 26.1. The van der Waals surface area contributed by atoms with Gasteiger partial charge in [0.05, 0.1) is 17.1 Å². The Labute approximate surface area is 127 Å². The lowest BCUT2D eigenvalue weighted by Gasteiger charge is -2.32. The summed E-state index contributed by atoms with van der Waals surface area (Å²) in [5, 5.41) is 30.9. The van der Waals surface area contributed by atoms with Crippen LogP contribution in [-0.4, -0.2) is 33.2 Å². The molecule has 0 radical (unpaired) electrons. The van der Waals surface area contributed by atoms with Crippen molar-refractivity contribution in [1.82, 2.24) is 5.32 Å². The first-order valence-corrected chi connectivity index (χ1v) is 7.12. The zero-order chi connectivity index (χ0) is 16.6. The molecule has 120 valence electrons. The molecule has 1 heterocycles. The highest BCUT2D eigenvalue weighted by atomic mass is 16.4. The predicted octanol–water partition coefficient (Wildman–Crippen LogP) is 1.42. The topological polar surface area (TPSA) is 124 Å². The molecule has 2 rings (SSSR count). The summed E-state index contributed by atoms with van der Waals surface area (Å²) < 4.78 is 0. The molecule has 1 saturated carbocycles. The summed E-state index contributed by atoms with van der Waals surface area (Å²) in [7, 11) is 0. The first-order valence-electron chi connectivity index (χ1n) is 7.12. The van der Waals surface area contributed by atoms with Crippen molar-refractivity contribution >= 4 is 17.9 Å². The van der Waals surface area contributed by atoms with E-state index in [2.05, 4.69) is 5.32 Å². The number of dihydropyridines is 1. The Hall–Kier alpha value is -2.31. The number of carboxylic acids is 3. The molecular formula is C15H19NO6. The molecule has 0 aromatic carbocycles. The van der Waals surface area contributed by atoms with Crippen molar-refractivity contribution < 1.29 is 29.7 Å². The van der Waals surface area contributed by atoms with Crippen LogP contribution in [0, 0.1) is 17.8 Å².